The molecule has 35 heavy (non-hydrogen) atoms. The first-order valence-corrected chi connectivity index (χ1v) is 13.3. The number of hydrogen-bond acceptors (Lipinski definition) is 4. The van der Waals surface area contributed by atoms with Crippen LogP contribution in [-0.4, -0.2) is 62.3 Å². The molecule has 1 spiro atoms. The van der Waals surface area contributed by atoms with Crippen LogP contribution in [0.3, 0.4) is 0 Å². The van der Waals surface area contributed by atoms with Crippen LogP contribution in [0, 0.1) is 11.3 Å². The molecule has 5 nitrogen and oxygen atoms in total. The molecule has 0 aliphatic carbocycles. The molecule has 4 fully saturated rings. The van der Waals surface area contributed by atoms with E-state index in [0.717, 1.165) is 32.5 Å². The van der Waals surface area contributed by atoms with E-state index in [4.69, 9.17) is 4.74 Å². The zero-order chi connectivity index (χ0) is 24.8. The van der Waals surface area contributed by atoms with Crippen LogP contribution in [-0.2, 0) is 15.7 Å². The number of piperidine rings is 1. The van der Waals surface area contributed by atoms with Crippen molar-refractivity contribution in [1.29, 1.82) is 0 Å². The maximum absolute atomic E-state index is 14.3. The summed E-state index contributed by atoms with van der Waals surface area (Å²) in [7, 11) is 0. The van der Waals surface area contributed by atoms with Crippen LogP contribution in [0.15, 0.2) is 18.2 Å². The zero-order valence-corrected chi connectivity index (χ0v) is 20.9. The van der Waals surface area contributed by atoms with Crippen molar-refractivity contribution < 1.29 is 22.7 Å². The SMILES string of the molecule is CC(C)C1CCCN1C1CCN(c2ccc(C3COCCC34CCNC4=O)c(C(F)(F)F)c2)CC1. The predicted molar refractivity (Wildman–Crippen MR) is 129 cm³/mol. The highest BCUT2D eigenvalue weighted by Gasteiger charge is 2.52. The van der Waals surface area contributed by atoms with Gasteiger partial charge in [-0.15, -0.1) is 0 Å². The fourth-order valence-electron chi connectivity index (χ4n) is 7.17. The summed E-state index contributed by atoms with van der Waals surface area (Å²) in [5.74, 6) is -0.0867. The molecule has 0 aromatic heterocycles. The Morgan fingerprint density at radius 3 is 2.54 bits per heavy atom. The van der Waals surface area contributed by atoms with E-state index < -0.39 is 23.1 Å². The quantitative estimate of drug-likeness (QED) is 0.654. The second-order valence-electron chi connectivity index (χ2n) is 11.2. The lowest BCUT2D eigenvalue weighted by atomic mass is 9.67. The number of carbonyl (C=O) groups is 1. The molecular weight excluding hydrogens is 455 g/mol. The Hall–Kier alpha value is -1.80. The van der Waals surface area contributed by atoms with E-state index in [-0.39, 0.29) is 18.1 Å². The van der Waals surface area contributed by atoms with Crippen molar-refractivity contribution >= 4 is 11.6 Å². The fraction of sp³-hybridized carbons (Fsp3) is 0.741. The highest BCUT2D eigenvalue weighted by atomic mass is 19.4. The van der Waals surface area contributed by atoms with Crippen molar-refractivity contribution in [3.05, 3.63) is 29.3 Å². The topological polar surface area (TPSA) is 44.8 Å². The molecule has 3 atom stereocenters. The molecule has 4 aliphatic heterocycles. The summed E-state index contributed by atoms with van der Waals surface area (Å²) < 4.78 is 48.6. The number of benzene rings is 1. The van der Waals surface area contributed by atoms with Crippen molar-refractivity contribution in [3.63, 3.8) is 0 Å². The van der Waals surface area contributed by atoms with Gasteiger partial charge in [-0.1, -0.05) is 19.9 Å². The summed E-state index contributed by atoms with van der Waals surface area (Å²) in [6, 6.07) is 5.90. The molecule has 3 unspecified atom stereocenters. The third-order valence-corrected chi connectivity index (χ3v) is 9.08. The number of ether oxygens (including phenoxy) is 1. The Bertz CT molecular complexity index is 929. The van der Waals surface area contributed by atoms with Gasteiger partial charge in [-0.05, 0) is 68.7 Å². The number of nitrogens with one attached hydrogen (secondary N) is 1. The van der Waals surface area contributed by atoms with Crippen molar-refractivity contribution in [2.24, 2.45) is 11.3 Å². The average molecular weight is 494 g/mol. The van der Waals surface area contributed by atoms with Gasteiger partial charge >= 0.3 is 6.18 Å². The van der Waals surface area contributed by atoms with Crippen molar-refractivity contribution in [1.82, 2.24) is 10.2 Å². The first-order valence-electron chi connectivity index (χ1n) is 13.3. The molecular formula is C27H38F3N3O2. The number of amides is 1. The van der Waals surface area contributed by atoms with Crippen molar-refractivity contribution in [2.45, 2.75) is 76.6 Å². The normalized spacial score (nSPS) is 31.0. The number of likely N-dealkylation sites (tertiary alicyclic amines) is 1. The third kappa shape index (κ3) is 4.57. The number of alkyl halides is 3. The second kappa shape index (κ2) is 9.58. The number of nitrogens with zero attached hydrogens (tertiary/aromatic N) is 2. The number of halogens is 3. The van der Waals surface area contributed by atoms with E-state index in [1.54, 1.807) is 6.07 Å². The predicted octanol–water partition coefficient (Wildman–Crippen LogP) is 4.80. The second-order valence-corrected chi connectivity index (χ2v) is 11.2. The maximum atomic E-state index is 14.3. The van der Waals surface area contributed by atoms with Gasteiger partial charge in [0, 0.05) is 49.9 Å². The lowest BCUT2D eigenvalue weighted by molar-refractivity contribution is -0.142. The first kappa shape index (κ1) is 24.9. The minimum Gasteiger partial charge on any atom is -0.381 e. The minimum atomic E-state index is -4.49. The molecule has 194 valence electrons. The highest BCUT2D eigenvalue weighted by molar-refractivity contribution is 5.86. The number of anilines is 1. The molecule has 1 aromatic rings. The molecule has 1 N–H and O–H groups in total. The van der Waals surface area contributed by atoms with Crippen LogP contribution in [0.5, 0.6) is 0 Å². The Labute approximate surface area is 206 Å². The van der Waals surface area contributed by atoms with E-state index in [1.807, 2.05) is 6.07 Å². The van der Waals surface area contributed by atoms with E-state index >= 15 is 0 Å². The summed E-state index contributed by atoms with van der Waals surface area (Å²) in [4.78, 5) is 17.5. The summed E-state index contributed by atoms with van der Waals surface area (Å²) in [5, 5.41) is 2.85. The van der Waals surface area contributed by atoms with Gasteiger partial charge < -0.3 is 15.0 Å². The molecule has 5 rings (SSSR count). The Morgan fingerprint density at radius 2 is 1.89 bits per heavy atom. The van der Waals surface area contributed by atoms with Gasteiger partial charge in [-0.2, -0.15) is 13.2 Å². The lowest BCUT2D eigenvalue weighted by Gasteiger charge is -2.42. The van der Waals surface area contributed by atoms with E-state index in [2.05, 4.69) is 29.0 Å². The van der Waals surface area contributed by atoms with Crippen molar-refractivity contribution in [3.8, 4) is 0 Å². The van der Waals surface area contributed by atoms with Gasteiger partial charge in [-0.3, -0.25) is 9.69 Å². The van der Waals surface area contributed by atoms with Crippen molar-refractivity contribution in [2.75, 3.05) is 44.3 Å². The smallest absolute Gasteiger partial charge is 0.381 e. The van der Waals surface area contributed by atoms with Crippen LogP contribution in [0.25, 0.3) is 0 Å². The molecule has 1 amide bonds. The van der Waals surface area contributed by atoms with Crippen LogP contribution < -0.4 is 10.2 Å². The first-order chi connectivity index (χ1) is 16.7. The number of rotatable bonds is 4. The van der Waals surface area contributed by atoms with Crippen LogP contribution in [0.1, 0.15) is 69.4 Å². The van der Waals surface area contributed by atoms with Gasteiger partial charge in [0.15, 0.2) is 0 Å². The lowest BCUT2D eigenvalue weighted by Crippen LogP contribution is -2.48. The number of hydrogen-bond donors (Lipinski definition) is 1. The van der Waals surface area contributed by atoms with Crippen LogP contribution in [0.2, 0.25) is 0 Å². The molecule has 0 radical (unpaired) electrons. The van der Waals surface area contributed by atoms with Crippen LogP contribution >= 0.6 is 0 Å². The fourth-order valence-corrected chi connectivity index (χ4v) is 7.17. The van der Waals surface area contributed by atoms with E-state index in [0.29, 0.717) is 49.7 Å². The van der Waals surface area contributed by atoms with Crippen LogP contribution in [0.4, 0.5) is 18.9 Å². The van der Waals surface area contributed by atoms with Gasteiger partial charge in [0.1, 0.15) is 0 Å². The largest absolute Gasteiger partial charge is 0.416 e. The average Bonchev–Trinajstić information content (AvgIpc) is 3.47. The highest BCUT2D eigenvalue weighted by Crippen LogP contribution is 2.50. The third-order valence-electron chi connectivity index (χ3n) is 9.08. The zero-order valence-electron chi connectivity index (χ0n) is 20.9. The standard InChI is InChI=1S/C27H38F3N3O2/c1-18(2)24-4-3-12-33(24)19-7-13-32(14-8-19)20-5-6-21(22(16-20)27(28,29)30)23-17-35-15-10-26(23)9-11-31-25(26)34/h5-6,16,18-19,23-24H,3-4,7-15,17H2,1-2H3,(H,31,34). The molecule has 4 saturated heterocycles. The Morgan fingerprint density at radius 1 is 1.11 bits per heavy atom. The summed E-state index contributed by atoms with van der Waals surface area (Å²) in [6.07, 6.45) is 0.975. The molecule has 0 bridgehead atoms. The molecule has 8 heteroatoms. The Kier molecular flexibility index (Phi) is 6.81. The summed E-state index contributed by atoms with van der Waals surface area (Å²) in [5.41, 5.74) is -0.597. The van der Waals surface area contributed by atoms with E-state index in [9.17, 15) is 18.0 Å². The van der Waals surface area contributed by atoms with Gasteiger partial charge in [0.05, 0.1) is 17.6 Å². The summed E-state index contributed by atoms with van der Waals surface area (Å²) >= 11 is 0. The van der Waals surface area contributed by atoms with Gasteiger partial charge in [0.2, 0.25) is 5.91 Å². The molecule has 0 saturated carbocycles. The van der Waals surface area contributed by atoms with E-state index in [1.165, 1.54) is 18.9 Å². The minimum absolute atomic E-state index is 0.133. The monoisotopic (exact) mass is 493 g/mol. The molecule has 4 heterocycles. The molecule has 4 aliphatic rings. The number of carbonyl (C=O) groups excluding carboxylic acids is 1. The molecule has 1 aromatic carbocycles. The van der Waals surface area contributed by atoms with Gasteiger partial charge in [0.25, 0.3) is 0 Å². The Balaban J connectivity index is 1.37. The maximum Gasteiger partial charge on any atom is 0.416 e. The summed E-state index contributed by atoms with van der Waals surface area (Å²) in [6.45, 7) is 8.31. The van der Waals surface area contributed by atoms with Gasteiger partial charge in [-0.25, -0.2) is 0 Å².